The molecule has 27 heavy (non-hydrogen) atoms. The molecule has 0 bridgehead atoms. The number of nitrogens with one attached hydrogen (secondary N) is 1. The highest BCUT2D eigenvalue weighted by Gasteiger charge is 2.36. The van der Waals surface area contributed by atoms with Gasteiger partial charge in [-0.2, -0.15) is 0 Å². The number of anilines is 2. The normalized spacial score (nSPS) is 16.4. The van der Waals surface area contributed by atoms with Gasteiger partial charge >= 0.3 is 0 Å². The molecule has 1 saturated heterocycles. The maximum atomic E-state index is 14.0. The minimum absolute atomic E-state index is 0.000493. The fourth-order valence-corrected chi connectivity index (χ4v) is 2.96. The summed E-state index contributed by atoms with van der Waals surface area (Å²) in [5, 5.41) is 2.72. The lowest BCUT2D eigenvalue weighted by molar-refractivity contribution is -0.122. The van der Waals surface area contributed by atoms with Crippen molar-refractivity contribution in [3.63, 3.8) is 0 Å². The zero-order valence-electron chi connectivity index (χ0n) is 14.8. The first-order valence-electron chi connectivity index (χ1n) is 8.21. The highest BCUT2D eigenvalue weighted by atomic mass is 19.1. The number of ether oxygens (including phenoxy) is 2. The summed E-state index contributed by atoms with van der Waals surface area (Å²) in [6.07, 6.45) is -0.0745. The van der Waals surface area contributed by atoms with Gasteiger partial charge < -0.3 is 19.7 Å². The number of hydrogen-bond donors (Lipinski definition) is 1. The van der Waals surface area contributed by atoms with Crippen LogP contribution >= 0.6 is 0 Å². The standard InChI is InChI=1S/C19H18F2N2O4/c1-26-13-4-6-17(27-2)15(9-13)22-19(25)11-7-18(24)23(10-11)16-5-3-12(20)8-14(16)21/h3-6,8-9,11H,7,10H2,1-2H3,(H,22,25). The van der Waals surface area contributed by atoms with Crippen LogP contribution in [0.2, 0.25) is 0 Å². The molecule has 0 aromatic heterocycles. The maximum Gasteiger partial charge on any atom is 0.229 e. The van der Waals surface area contributed by atoms with E-state index in [1.165, 1.54) is 20.3 Å². The molecule has 2 amide bonds. The van der Waals surface area contributed by atoms with Gasteiger partial charge in [-0.1, -0.05) is 0 Å². The van der Waals surface area contributed by atoms with Gasteiger partial charge in [0.05, 0.1) is 31.5 Å². The van der Waals surface area contributed by atoms with E-state index in [1.807, 2.05) is 0 Å². The molecular formula is C19H18F2N2O4. The second kappa shape index (κ2) is 7.61. The Labute approximate surface area is 154 Å². The van der Waals surface area contributed by atoms with Gasteiger partial charge in [0.1, 0.15) is 23.1 Å². The van der Waals surface area contributed by atoms with Crippen molar-refractivity contribution in [2.75, 3.05) is 31.0 Å². The van der Waals surface area contributed by atoms with Crippen LogP contribution in [0.3, 0.4) is 0 Å². The molecule has 1 aliphatic rings. The van der Waals surface area contributed by atoms with Crippen LogP contribution in [0.4, 0.5) is 20.2 Å². The van der Waals surface area contributed by atoms with Crippen LogP contribution in [0.25, 0.3) is 0 Å². The Morgan fingerprint density at radius 1 is 1.15 bits per heavy atom. The zero-order valence-corrected chi connectivity index (χ0v) is 14.8. The van der Waals surface area contributed by atoms with Crippen molar-refractivity contribution in [3.05, 3.63) is 48.0 Å². The molecule has 0 spiro atoms. The molecule has 2 aromatic rings. The number of amides is 2. The third-order valence-electron chi connectivity index (χ3n) is 4.36. The Balaban J connectivity index is 1.76. The number of methoxy groups -OCH3 is 2. The minimum atomic E-state index is -0.848. The fraction of sp³-hybridized carbons (Fsp3) is 0.263. The summed E-state index contributed by atoms with van der Waals surface area (Å²) in [5.74, 6) is -2.10. The molecule has 8 heteroatoms. The van der Waals surface area contributed by atoms with Crippen LogP contribution in [0.15, 0.2) is 36.4 Å². The van der Waals surface area contributed by atoms with Crippen LogP contribution in [0, 0.1) is 17.6 Å². The molecule has 0 aliphatic carbocycles. The van der Waals surface area contributed by atoms with Gasteiger partial charge in [0, 0.05) is 25.1 Å². The predicted molar refractivity (Wildman–Crippen MR) is 95.0 cm³/mol. The average Bonchev–Trinajstić information content (AvgIpc) is 3.03. The zero-order chi connectivity index (χ0) is 19.6. The molecule has 1 unspecified atom stereocenters. The third-order valence-corrected chi connectivity index (χ3v) is 4.36. The molecule has 142 valence electrons. The van der Waals surface area contributed by atoms with Gasteiger partial charge in [-0.05, 0) is 24.3 Å². The van der Waals surface area contributed by atoms with Gasteiger partial charge in [-0.3, -0.25) is 9.59 Å². The summed E-state index contributed by atoms with van der Waals surface area (Å²) in [7, 11) is 2.97. The van der Waals surface area contributed by atoms with Crippen molar-refractivity contribution in [2.45, 2.75) is 6.42 Å². The first-order chi connectivity index (χ1) is 12.9. The molecule has 2 aromatic carbocycles. The molecular weight excluding hydrogens is 358 g/mol. The Bertz CT molecular complexity index is 888. The summed E-state index contributed by atoms with van der Waals surface area (Å²) >= 11 is 0. The Kier molecular flexibility index (Phi) is 5.25. The first-order valence-corrected chi connectivity index (χ1v) is 8.21. The van der Waals surface area contributed by atoms with Crippen molar-refractivity contribution >= 4 is 23.2 Å². The molecule has 1 N–H and O–H groups in total. The topological polar surface area (TPSA) is 67.9 Å². The van der Waals surface area contributed by atoms with E-state index in [4.69, 9.17) is 9.47 Å². The quantitative estimate of drug-likeness (QED) is 0.871. The predicted octanol–water partition coefficient (Wildman–Crippen LogP) is 2.97. The highest BCUT2D eigenvalue weighted by Crippen LogP contribution is 2.32. The fourth-order valence-electron chi connectivity index (χ4n) is 2.96. The van der Waals surface area contributed by atoms with Gasteiger partial charge in [0.15, 0.2) is 0 Å². The van der Waals surface area contributed by atoms with E-state index in [9.17, 15) is 18.4 Å². The monoisotopic (exact) mass is 376 g/mol. The Hall–Kier alpha value is -3.16. The summed E-state index contributed by atoms with van der Waals surface area (Å²) in [6, 6.07) is 7.90. The van der Waals surface area contributed by atoms with Crippen LogP contribution in [0.1, 0.15) is 6.42 Å². The van der Waals surface area contributed by atoms with Crippen molar-refractivity contribution in [1.82, 2.24) is 0 Å². The van der Waals surface area contributed by atoms with Crippen LogP contribution in [-0.4, -0.2) is 32.6 Å². The summed E-state index contributed by atoms with van der Waals surface area (Å²) in [4.78, 5) is 26.0. The number of halogens is 2. The van der Waals surface area contributed by atoms with Gasteiger partial charge in [0.25, 0.3) is 0 Å². The molecule has 1 aliphatic heterocycles. The maximum absolute atomic E-state index is 14.0. The number of hydrogen-bond acceptors (Lipinski definition) is 4. The highest BCUT2D eigenvalue weighted by molar-refractivity contribution is 6.04. The SMILES string of the molecule is COc1ccc(OC)c(NC(=O)C2CC(=O)N(c3ccc(F)cc3F)C2)c1. The number of benzene rings is 2. The second-order valence-corrected chi connectivity index (χ2v) is 6.06. The summed E-state index contributed by atoms with van der Waals surface area (Å²) in [5.41, 5.74) is 0.358. The molecule has 3 rings (SSSR count). The lowest BCUT2D eigenvalue weighted by Crippen LogP contribution is -2.28. The molecule has 1 heterocycles. The van der Waals surface area contributed by atoms with Crippen LogP contribution in [0.5, 0.6) is 11.5 Å². The second-order valence-electron chi connectivity index (χ2n) is 6.06. The molecule has 0 radical (unpaired) electrons. The van der Waals surface area contributed by atoms with Gasteiger partial charge in [-0.15, -0.1) is 0 Å². The van der Waals surface area contributed by atoms with Crippen molar-refractivity contribution in [2.24, 2.45) is 5.92 Å². The smallest absolute Gasteiger partial charge is 0.229 e. The molecule has 0 saturated carbocycles. The number of carbonyl (C=O) groups excluding carboxylic acids is 2. The first kappa shape index (κ1) is 18.6. The summed E-state index contributed by atoms with van der Waals surface area (Å²) in [6.45, 7) is -0.000493. The summed E-state index contributed by atoms with van der Waals surface area (Å²) < 4.78 is 37.4. The third kappa shape index (κ3) is 3.84. The van der Waals surface area contributed by atoms with E-state index in [0.717, 1.165) is 11.0 Å². The van der Waals surface area contributed by atoms with E-state index in [1.54, 1.807) is 18.2 Å². The van der Waals surface area contributed by atoms with Crippen molar-refractivity contribution in [3.8, 4) is 11.5 Å². The lowest BCUT2D eigenvalue weighted by Gasteiger charge is -2.18. The van der Waals surface area contributed by atoms with Crippen LogP contribution in [-0.2, 0) is 9.59 Å². The van der Waals surface area contributed by atoms with Gasteiger partial charge in [0.2, 0.25) is 11.8 Å². The number of nitrogens with zero attached hydrogens (tertiary/aromatic N) is 1. The minimum Gasteiger partial charge on any atom is -0.497 e. The van der Waals surface area contributed by atoms with E-state index in [-0.39, 0.29) is 18.7 Å². The lowest BCUT2D eigenvalue weighted by atomic mass is 10.1. The molecule has 1 atom stereocenters. The molecule has 1 fully saturated rings. The van der Waals surface area contributed by atoms with E-state index in [2.05, 4.69) is 5.32 Å². The number of rotatable bonds is 5. The van der Waals surface area contributed by atoms with Gasteiger partial charge in [-0.25, -0.2) is 8.78 Å². The number of carbonyl (C=O) groups is 2. The van der Waals surface area contributed by atoms with Crippen LogP contribution < -0.4 is 19.7 Å². The van der Waals surface area contributed by atoms with Crippen molar-refractivity contribution in [1.29, 1.82) is 0 Å². The Morgan fingerprint density at radius 3 is 2.59 bits per heavy atom. The average molecular weight is 376 g/mol. The molecule has 6 nitrogen and oxygen atoms in total. The Morgan fingerprint density at radius 2 is 1.93 bits per heavy atom. The van der Waals surface area contributed by atoms with E-state index < -0.39 is 29.4 Å². The van der Waals surface area contributed by atoms with E-state index in [0.29, 0.717) is 23.3 Å². The van der Waals surface area contributed by atoms with Crippen molar-refractivity contribution < 1.29 is 27.8 Å². The largest absolute Gasteiger partial charge is 0.497 e. The van der Waals surface area contributed by atoms with E-state index >= 15 is 0 Å².